The molecule has 1 aliphatic heterocycles. The minimum Gasteiger partial charge on any atom is -0.396 e. The van der Waals surface area contributed by atoms with Crippen molar-refractivity contribution in [1.29, 1.82) is 0 Å². The molecule has 2 aromatic rings. The van der Waals surface area contributed by atoms with Gasteiger partial charge in [0.1, 0.15) is 0 Å². The lowest BCUT2D eigenvalue weighted by Crippen LogP contribution is -2.40. The van der Waals surface area contributed by atoms with Gasteiger partial charge in [-0.2, -0.15) is 5.10 Å². The van der Waals surface area contributed by atoms with Crippen LogP contribution >= 0.6 is 11.6 Å². The number of aliphatic hydroxyl groups excluding tert-OH is 1. The molecule has 0 radical (unpaired) electrons. The summed E-state index contributed by atoms with van der Waals surface area (Å²) >= 11 is 6.15. The number of hydrogen-bond donors (Lipinski definition) is 1. The number of para-hydroxylation sites is 1. The summed E-state index contributed by atoms with van der Waals surface area (Å²) in [6.45, 7) is 1.46. The second kappa shape index (κ2) is 6.50. The molecule has 0 aliphatic carbocycles. The summed E-state index contributed by atoms with van der Waals surface area (Å²) in [4.78, 5) is 14.3. The second-order valence-corrected chi connectivity index (χ2v) is 5.97. The topological polar surface area (TPSA) is 58.4 Å². The van der Waals surface area contributed by atoms with E-state index < -0.39 is 0 Å². The lowest BCUT2D eigenvalue weighted by molar-refractivity contribution is 0.0620. The molecular formula is C16H18ClN3O2. The number of nitrogens with zero attached hydrogens (tertiary/aromatic N) is 3. The second-order valence-electron chi connectivity index (χ2n) is 5.57. The Bertz CT molecular complexity index is 671. The summed E-state index contributed by atoms with van der Waals surface area (Å²) in [6.07, 6.45) is 5.16. The van der Waals surface area contributed by atoms with Crippen molar-refractivity contribution in [2.45, 2.75) is 12.8 Å². The highest BCUT2D eigenvalue weighted by Crippen LogP contribution is 2.21. The lowest BCUT2D eigenvalue weighted by atomic mass is 9.98. The Labute approximate surface area is 134 Å². The summed E-state index contributed by atoms with van der Waals surface area (Å²) in [5.74, 6) is 0.132. The van der Waals surface area contributed by atoms with E-state index in [1.807, 2.05) is 18.2 Å². The number of hydrogen-bond acceptors (Lipinski definition) is 3. The first-order valence-corrected chi connectivity index (χ1v) is 7.76. The van der Waals surface area contributed by atoms with Crippen molar-refractivity contribution in [3.63, 3.8) is 0 Å². The Balaban J connectivity index is 1.79. The molecule has 1 unspecified atom stereocenters. The van der Waals surface area contributed by atoms with Crippen molar-refractivity contribution < 1.29 is 9.90 Å². The van der Waals surface area contributed by atoms with Crippen LogP contribution in [0.1, 0.15) is 23.2 Å². The van der Waals surface area contributed by atoms with Crippen molar-refractivity contribution in [2.24, 2.45) is 5.92 Å². The van der Waals surface area contributed by atoms with Gasteiger partial charge in [-0.3, -0.25) is 4.79 Å². The molecule has 0 bridgehead atoms. The van der Waals surface area contributed by atoms with E-state index in [-0.39, 0.29) is 18.4 Å². The zero-order valence-electron chi connectivity index (χ0n) is 12.2. The third kappa shape index (κ3) is 3.00. The van der Waals surface area contributed by atoms with E-state index >= 15 is 0 Å². The first-order valence-electron chi connectivity index (χ1n) is 7.38. The summed E-state index contributed by atoms with van der Waals surface area (Å²) < 4.78 is 1.61. The molecule has 1 N–H and O–H groups in total. The van der Waals surface area contributed by atoms with Crippen LogP contribution in [0.15, 0.2) is 36.7 Å². The van der Waals surface area contributed by atoms with E-state index in [2.05, 4.69) is 5.10 Å². The number of rotatable bonds is 3. The molecule has 5 nitrogen and oxygen atoms in total. The van der Waals surface area contributed by atoms with Crippen LogP contribution in [0.25, 0.3) is 5.69 Å². The maximum Gasteiger partial charge on any atom is 0.257 e. The molecule has 1 fully saturated rings. The average molecular weight is 320 g/mol. The molecule has 1 aromatic heterocycles. The molecule has 1 aliphatic rings. The Kier molecular flexibility index (Phi) is 4.45. The Morgan fingerprint density at radius 2 is 2.23 bits per heavy atom. The Hall–Kier alpha value is -1.85. The van der Waals surface area contributed by atoms with Gasteiger partial charge in [-0.15, -0.1) is 0 Å². The number of benzene rings is 1. The highest BCUT2D eigenvalue weighted by atomic mass is 35.5. The van der Waals surface area contributed by atoms with Crippen LogP contribution in [0.2, 0.25) is 5.02 Å². The molecule has 1 saturated heterocycles. The largest absolute Gasteiger partial charge is 0.396 e. The third-order valence-corrected chi connectivity index (χ3v) is 4.31. The van der Waals surface area contributed by atoms with Gasteiger partial charge >= 0.3 is 0 Å². The normalized spacial score (nSPS) is 18.5. The van der Waals surface area contributed by atoms with Crippen LogP contribution in [0, 0.1) is 5.92 Å². The molecule has 2 heterocycles. The van der Waals surface area contributed by atoms with Crippen LogP contribution in [-0.4, -0.2) is 45.4 Å². The summed E-state index contributed by atoms with van der Waals surface area (Å²) in [5.41, 5.74) is 1.29. The van der Waals surface area contributed by atoms with Crippen molar-refractivity contribution in [1.82, 2.24) is 14.7 Å². The van der Waals surface area contributed by atoms with Crippen LogP contribution in [-0.2, 0) is 0 Å². The maximum absolute atomic E-state index is 12.5. The highest BCUT2D eigenvalue weighted by Gasteiger charge is 2.25. The van der Waals surface area contributed by atoms with Crippen LogP contribution in [0.3, 0.4) is 0 Å². The molecule has 116 valence electrons. The number of carbonyl (C=O) groups is 1. The first-order chi connectivity index (χ1) is 10.7. The quantitative estimate of drug-likeness (QED) is 0.945. The van der Waals surface area contributed by atoms with Gasteiger partial charge < -0.3 is 10.0 Å². The molecule has 3 rings (SSSR count). The minimum atomic E-state index is -0.0450. The summed E-state index contributed by atoms with van der Waals surface area (Å²) in [5, 5.41) is 14.1. The first kappa shape index (κ1) is 15.1. The predicted molar refractivity (Wildman–Crippen MR) is 84.3 cm³/mol. The molecule has 0 saturated carbocycles. The third-order valence-electron chi connectivity index (χ3n) is 3.99. The van der Waals surface area contributed by atoms with E-state index in [0.29, 0.717) is 17.1 Å². The zero-order chi connectivity index (χ0) is 15.5. The predicted octanol–water partition coefficient (Wildman–Crippen LogP) is 2.37. The smallest absolute Gasteiger partial charge is 0.257 e. The summed E-state index contributed by atoms with van der Waals surface area (Å²) in [6, 6.07) is 7.37. The summed E-state index contributed by atoms with van der Waals surface area (Å²) in [7, 11) is 0. The maximum atomic E-state index is 12.5. The van der Waals surface area contributed by atoms with Gasteiger partial charge in [0.25, 0.3) is 5.91 Å². The van der Waals surface area contributed by atoms with Crippen LogP contribution in [0.4, 0.5) is 0 Å². The van der Waals surface area contributed by atoms with Gasteiger partial charge in [-0.05, 0) is 30.9 Å². The molecule has 22 heavy (non-hydrogen) atoms. The zero-order valence-corrected chi connectivity index (χ0v) is 12.9. The molecule has 6 heteroatoms. The Morgan fingerprint density at radius 3 is 3.00 bits per heavy atom. The molecular weight excluding hydrogens is 302 g/mol. The number of likely N-dealkylation sites (tertiary alicyclic amines) is 1. The van der Waals surface area contributed by atoms with E-state index in [1.165, 1.54) is 0 Å². The number of piperidine rings is 1. The number of amides is 1. The fourth-order valence-electron chi connectivity index (χ4n) is 2.78. The van der Waals surface area contributed by atoms with Gasteiger partial charge in [0.15, 0.2) is 0 Å². The van der Waals surface area contributed by atoms with Crippen molar-refractivity contribution in [3.8, 4) is 5.69 Å². The van der Waals surface area contributed by atoms with Crippen LogP contribution in [0.5, 0.6) is 0 Å². The lowest BCUT2D eigenvalue weighted by Gasteiger charge is -2.31. The number of halogens is 1. The number of aliphatic hydroxyl groups is 1. The number of aromatic nitrogens is 2. The van der Waals surface area contributed by atoms with Gasteiger partial charge in [-0.25, -0.2) is 4.68 Å². The van der Waals surface area contributed by atoms with Crippen molar-refractivity contribution in [3.05, 3.63) is 47.2 Å². The van der Waals surface area contributed by atoms with E-state index in [4.69, 9.17) is 11.6 Å². The molecule has 1 amide bonds. The van der Waals surface area contributed by atoms with E-state index in [9.17, 15) is 9.90 Å². The fraction of sp³-hybridized carbons (Fsp3) is 0.375. The van der Waals surface area contributed by atoms with Crippen molar-refractivity contribution >= 4 is 17.5 Å². The van der Waals surface area contributed by atoms with Crippen LogP contribution < -0.4 is 0 Å². The van der Waals surface area contributed by atoms with Gasteiger partial charge in [0.2, 0.25) is 0 Å². The van der Waals surface area contributed by atoms with E-state index in [0.717, 1.165) is 25.1 Å². The average Bonchev–Trinajstić information content (AvgIpc) is 3.04. The van der Waals surface area contributed by atoms with Gasteiger partial charge in [0.05, 0.1) is 22.5 Å². The monoisotopic (exact) mass is 319 g/mol. The van der Waals surface area contributed by atoms with Gasteiger partial charge in [-0.1, -0.05) is 23.7 Å². The number of carbonyl (C=O) groups excluding carboxylic acids is 1. The van der Waals surface area contributed by atoms with Crippen molar-refractivity contribution in [2.75, 3.05) is 19.7 Å². The minimum absolute atomic E-state index is 0.0450. The SMILES string of the molecule is O=C(c1cnn(-c2ccccc2Cl)c1)N1CCCC(CO)C1. The molecule has 1 atom stereocenters. The Morgan fingerprint density at radius 1 is 1.41 bits per heavy atom. The fourth-order valence-corrected chi connectivity index (χ4v) is 3.01. The van der Waals surface area contributed by atoms with Gasteiger partial charge in [0, 0.05) is 25.9 Å². The molecule has 1 aromatic carbocycles. The molecule has 0 spiro atoms. The van der Waals surface area contributed by atoms with E-state index in [1.54, 1.807) is 28.0 Å². The highest BCUT2D eigenvalue weighted by molar-refractivity contribution is 6.32. The standard InChI is InChI=1S/C16H18ClN3O2/c17-14-5-1-2-6-15(14)20-10-13(8-18-20)16(22)19-7-3-4-12(9-19)11-21/h1-2,5-6,8,10,12,21H,3-4,7,9,11H2.